The molecule has 0 spiro atoms. The lowest BCUT2D eigenvalue weighted by atomic mass is 9.95. The Morgan fingerprint density at radius 3 is 2.62 bits per heavy atom. The van der Waals surface area contributed by atoms with Crippen LogP contribution in [0.5, 0.6) is 5.75 Å². The monoisotopic (exact) mass is 293 g/mol. The van der Waals surface area contributed by atoms with Gasteiger partial charge in [-0.25, -0.2) is 0 Å². The van der Waals surface area contributed by atoms with E-state index in [1.165, 1.54) is 7.11 Å². The van der Waals surface area contributed by atoms with E-state index in [0.717, 1.165) is 23.4 Å². The molecule has 1 atom stereocenters. The fourth-order valence-electron chi connectivity index (χ4n) is 2.13. The van der Waals surface area contributed by atoms with Crippen molar-refractivity contribution in [3.8, 4) is 5.75 Å². The molecule has 1 aromatic rings. The summed E-state index contributed by atoms with van der Waals surface area (Å²) in [5.74, 6) is 0.553. The van der Waals surface area contributed by atoms with Crippen LogP contribution in [0.15, 0.2) is 18.2 Å². The molecule has 0 aliphatic heterocycles. The van der Waals surface area contributed by atoms with Gasteiger partial charge in [-0.2, -0.15) is 0 Å². The Hall–Kier alpha value is -1.55. The summed E-state index contributed by atoms with van der Waals surface area (Å²) in [4.78, 5) is 11.7. The third-order valence-corrected chi connectivity index (χ3v) is 3.47. The largest absolute Gasteiger partial charge is 0.492 e. The van der Waals surface area contributed by atoms with E-state index in [2.05, 4.69) is 31.3 Å². The second-order valence-corrected chi connectivity index (χ2v) is 5.98. The Kier molecular flexibility index (Phi) is 6.21. The molecule has 0 aliphatic carbocycles. The number of ether oxygens (including phenoxy) is 2. The van der Waals surface area contributed by atoms with Gasteiger partial charge in [-0.1, -0.05) is 19.1 Å². The smallest absolute Gasteiger partial charge is 0.314 e. The molecule has 0 radical (unpaired) electrons. The van der Waals surface area contributed by atoms with Crippen molar-refractivity contribution in [2.75, 3.05) is 20.3 Å². The number of benzene rings is 1. The molecule has 0 fully saturated rings. The van der Waals surface area contributed by atoms with Crippen molar-refractivity contribution in [1.82, 2.24) is 5.32 Å². The van der Waals surface area contributed by atoms with E-state index in [1.54, 1.807) is 0 Å². The summed E-state index contributed by atoms with van der Waals surface area (Å²) in [6.07, 6.45) is 0. The van der Waals surface area contributed by atoms with Crippen molar-refractivity contribution in [1.29, 1.82) is 0 Å². The highest BCUT2D eigenvalue weighted by atomic mass is 16.5. The first-order chi connectivity index (χ1) is 9.81. The summed E-state index contributed by atoms with van der Waals surface area (Å²) in [6, 6.07) is 6.35. The highest BCUT2D eigenvalue weighted by Gasteiger charge is 2.30. The molecular weight excluding hydrogens is 266 g/mol. The number of rotatable bonds is 7. The van der Waals surface area contributed by atoms with Crippen molar-refractivity contribution >= 4 is 5.97 Å². The van der Waals surface area contributed by atoms with Gasteiger partial charge in [-0.05, 0) is 45.9 Å². The molecule has 1 unspecified atom stereocenters. The lowest BCUT2D eigenvalue weighted by molar-refractivity contribution is -0.152. The maximum atomic E-state index is 11.7. The van der Waals surface area contributed by atoms with Crippen molar-refractivity contribution in [2.45, 2.75) is 40.7 Å². The first-order valence-corrected chi connectivity index (χ1v) is 7.37. The summed E-state index contributed by atoms with van der Waals surface area (Å²) >= 11 is 0. The van der Waals surface area contributed by atoms with Gasteiger partial charge < -0.3 is 14.8 Å². The average Bonchev–Trinajstić information content (AvgIpc) is 2.44. The van der Waals surface area contributed by atoms with Crippen LogP contribution in [0.4, 0.5) is 0 Å². The van der Waals surface area contributed by atoms with Crippen LogP contribution < -0.4 is 10.1 Å². The molecule has 0 saturated heterocycles. The molecule has 0 bridgehead atoms. The van der Waals surface area contributed by atoms with Gasteiger partial charge in [0, 0.05) is 11.6 Å². The second-order valence-electron chi connectivity index (χ2n) is 5.98. The molecule has 21 heavy (non-hydrogen) atoms. The minimum Gasteiger partial charge on any atom is -0.492 e. The SMILES string of the molecule is CCNC(C)c1ccc(C)cc1OCC(C)(C)C(=O)OC. The van der Waals surface area contributed by atoms with Gasteiger partial charge in [0.2, 0.25) is 0 Å². The van der Waals surface area contributed by atoms with Crippen LogP contribution in [0.1, 0.15) is 44.9 Å². The Balaban J connectivity index is 2.91. The first-order valence-electron chi connectivity index (χ1n) is 7.37. The van der Waals surface area contributed by atoms with Crippen LogP contribution >= 0.6 is 0 Å². The van der Waals surface area contributed by atoms with E-state index in [-0.39, 0.29) is 18.6 Å². The van der Waals surface area contributed by atoms with Crippen molar-refractivity contribution in [2.24, 2.45) is 5.41 Å². The highest BCUT2D eigenvalue weighted by molar-refractivity contribution is 5.75. The standard InChI is InChI=1S/C17H27NO3/c1-7-18-13(3)14-9-8-12(2)10-15(14)21-11-17(4,5)16(19)20-6/h8-10,13,18H,7,11H2,1-6H3. The summed E-state index contributed by atoms with van der Waals surface area (Å²) in [6.45, 7) is 11.0. The molecule has 0 saturated carbocycles. The maximum Gasteiger partial charge on any atom is 0.314 e. The zero-order valence-electron chi connectivity index (χ0n) is 13.9. The summed E-state index contributed by atoms with van der Waals surface area (Å²) in [5, 5.41) is 3.38. The van der Waals surface area contributed by atoms with E-state index < -0.39 is 5.41 Å². The van der Waals surface area contributed by atoms with Crippen LogP contribution in [-0.2, 0) is 9.53 Å². The highest BCUT2D eigenvalue weighted by Crippen LogP contribution is 2.28. The fourth-order valence-corrected chi connectivity index (χ4v) is 2.13. The number of hydrogen-bond donors (Lipinski definition) is 1. The molecule has 0 heterocycles. The fraction of sp³-hybridized carbons (Fsp3) is 0.588. The minimum absolute atomic E-state index is 0.201. The van der Waals surface area contributed by atoms with Gasteiger partial charge >= 0.3 is 5.97 Å². The van der Waals surface area contributed by atoms with Crippen molar-refractivity contribution in [3.63, 3.8) is 0 Å². The number of methoxy groups -OCH3 is 1. The number of aryl methyl sites for hydroxylation is 1. The predicted molar refractivity (Wildman–Crippen MR) is 84.6 cm³/mol. The normalized spacial score (nSPS) is 12.9. The molecular formula is C17H27NO3. The number of carbonyl (C=O) groups excluding carboxylic acids is 1. The molecule has 118 valence electrons. The predicted octanol–water partition coefficient (Wildman–Crippen LogP) is 3.24. The van der Waals surface area contributed by atoms with Crippen LogP contribution in [0.2, 0.25) is 0 Å². The number of esters is 1. The van der Waals surface area contributed by atoms with Gasteiger partial charge in [-0.15, -0.1) is 0 Å². The average molecular weight is 293 g/mol. The first kappa shape index (κ1) is 17.5. The lowest BCUT2D eigenvalue weighted by Gasteiger charge is -2.24. The Labute approximate surface area is 127 Å². The number of nitrogens with one attached hydrogen (secondary N) is 1. The Morgan fingerprint density at radius 2 is 2.05 bits per heavy atom. The van der Waals surface area contributed by atoms with Gasteiger partial charge in [0.05, 0.1) is 12.5 Å². The van der Waals surface area contributed by atoms with Crippen LogP contribution in [-0.4, -0.2) is 26.2 Å². The Morgan fingerprint density at radius 1 is 1.38 bits per heavy atom. The molecule has 1 rings (SSSR count). The molecule has 0 aromatic heterocycles. The molecule has 1 N–H and O–H groups in total. The molecule has 0 amide bonds. The molecule has 4 heteroatoms. The zero-order chi connectivity index (χ0) is 16.0. The third kappa shape index (κ3) is 4.74. The van der Waals surface area contributed by atoms with Gasteiger partial charge in [0.15, 0.2) is 0 Å². The van der Waals surface area contributed by atoms with E-state index >= 15 is 0 Å². The van der Waals surface area contributed by atoms with Gasteiger partial charge in [0.1, 0.15) is 12.4 Å². The molecule has 1 aromatic carbocycles. The summed E-state index contributed by atoms with van der Waals surface area (Å²) in [5.41, 5.74) is 1.56. The zero-order valence-corrected chi connectivity index (χ0v) is 13.9. The Bertz CT molecular complexity index is 483. The quantitative estimate of drug-likeness (QED) is 0.784. The van der Waals surface area contributed by atoms with E-state index in [1.807, 2.05) is 26.8 Å². The van der Waals surface area contributed by atoms with E-state index in [4.69, 9.17) is 9.47 Å². The summed E-state index contributed by atoms with van der Waals surface area (Å²) < 4.78 is 10.7. The third-order valence-electron chi connectivity index (χ3n) is 3.47. The topological polar surface area (TPSA) is 47.6 Å². The maximum absolute atomic E-state index is 11.7. The molecule has 0 aliphatic rings. The van der Waals surface area contributed by atoms with Gasteiger partial charge in [0.25, 0.3) is 0 Å². The molecule has 4 nitrogen and oxygen atoms in total. The summed E-state index contributed by atoms with van der Waals surface area (Å²) in [7, 11) is 1.40. The van der Waals surface area contributed by atoms with Crippen molar-refractivity contribution in [3.05, 3.63) is 29.3 Å². The lowest BCUT2D eigenvalue weighted by Crippen LogP contribution is -2.32. The number of carbonyl (C=O) groups is 1. The van der Waals surface area contributed by atoms with Crippen molar-refractivity contribution < 1.29 is 14.3 Å². The van der Waals surface area contributed by atoms with E-state index in [0.29, 0.717) is 0 Å². The van der Waals surface area contributed by atoms with Gasteiger partial charge in [-0.3, -0.25) is 4.79 Å². The van der Waals surface area contributed by atoms with Crippen LogP contribution in [0, 0.1) is 12.3 Å². The number of hydrogen-bond acceptors (Lipinski definition) is 4. The van der Waals surface area contributed by atoms with Crippen LogP contribution in [0.3, 0.4) is 0 Å². The van der Waals surface area contributed by atoms with Crippen LogP contribution in [0.25, 0.3) is 0 Å². The second kappa shape index (κ2) is 7.46. The minimum atomic E-state index is -0.669. The van der Waals surface area contributed by atoms with E-state index in [9.17, 15) is 4.79 Å².